The highest BCUT2D eigenvalue weighted by Gasteiger charge is 2.21. The first kappa shape index (κ1) is 26.2. The number of ether oxygens (including phenoxy) is 1. The summed E-state index contributed by atoms with van der Waals surface area (Å²) < 4.78 is 11.4. The molecular weight excluding hydrogens is 541 g/mol. The normalized spacial score (nSPS) is 18.9. The zero-order valence-electron chi connectivity index (χ0n) is 20.0. The van der Waals surface area contributed by atoms with Crippen LogP contribution in [0.5, 0.6) is 0 Å². The largest absolute Gasteiger partial charge is 0.444 e. The topological polar surface area (TPSA) is 74.9 Å². The Hall–Kier alpha value is -2.43. The molecule has 2 N–H and O–H groups in total. The second-order valence-electron chi connectivity index (χ2n) is 8.56. The van der Waals surface area contributed by atoms with Crippen molar-refractivity contribution in [1.82, 2.24) is 20.5 Å². The maximum atomic E-state index is 5.83. The van der Waals surface area contributed by atoms with Crippen LogP contribution in [0.3, 0.4) is 0 Å². The average Bonchev–Trinajstić information content (AvgIpc) is 3.29. The molecule has 2 aromatic carbocycles. The second-order valence-corrected chi connectivity index (χ2v) is 8.56. The van der Waals surface area contributed by atoms with Crippen molar-refractivity contribution in [2.24, 2.45) is 4.99 Å². The van der Waals surface area contributed by atoms with Gasteiger partial charge in [0.2, 0.25) is 5.89 Å². The minimum atomic E-state index is 0. The maximum absolute atomic E-state index is 5.83. The molecule has 1 aliphatic rings. The number of hydrogen-bond donors (Lipinski definition) is 2. The first-order chi connectivity index (χ1) is 16.1. The number of halogens is 1. The minimum Gasteiger partial charge on any atom is -0.444 e. The zero-order valence-corrected chi connectivity index (χ0v) is 22.4. The van der Waals surface area contributed by atoms with Crippen molar-refractivity contribution >= 4 is 29.9 Å². The van der Waals surface area contributed by atoms with Crippen LogP contribution in [0.2, 0.25) is 0 Å². The number of nitrogens with zero attached hydrogens (tertiary/aromatic N) is 3. The predicted octanol–water partition coefficient (Wildman–Crippen LogP) is 4.43. The molecule has 2 unspecified atom stereocenters. The molecule has 0 spiro atoms. The van der Waals surface area contributed by atoms with E-state index < -0.39 is 0 Å². The van der Waals surface area contributed by atoms with Gasteiger partial charge in [-0.05, 0) is 37.1 Å². The maximum Gasteiger partial charge on any atom is 0.226 e. The number of hydrogen-bond acceptors (Lipinski definition) is 5. The van der Waals surface area contributed by atoms with Gasteiger partial charge in [-0.15, -0.1) is 24.0 Å². The van der Waals surface area contributed by atoms with E-state index in [0.717, 1.165) is 36.9 Å². The fourth-order valence-electron chi connectivity index (χ4n) is 4.12. The second kappa shape index (κ2) is 12.9. The van der Waals surface area contributed by atoms with Gasteiger partial charge in [0.1, 0.15) is 6.26 Å². The summed E-state index contributed by atoms with van der Waals surface area (Å²) >= 11 is 0. The predicted molar refractivity (Wildman–Crippen MR) is 146 cm³/mol. The van der Waals surface area contributed by atoms with Crippen LogP contribution in [0.15, 0.2) is 70.3 Å². The molecule has 0 amide bonds. The third-order valence-corrected chi connectivity index (χ3v) is 5.62. The average molecular weight is 575 g/mol. The molecule has 1 aromatic heterocycles. The Morgan fingerprint density at radius 2 is 1.62 bits per heavy atom. The lowest BCUT2D eigenvalue weighted by atomic mass is 10.1. The number of oxazole rings is 1. The highest BCUT2D eigenvalue weighted by molar-refractivity contribution is 14.0. The summed E-state index contributed by atoms with van der Waals surface area (Å²) in [7, 11) is 1.76. The Labute approximate surface area is 219 Å². The van der Waals surface area contributed by atoms with Gasteiger partial charge in [0.05, 0.1) is 24.4 Å². The van der Waals surface area contributed by atoms with Gasteiger partial charge in [-0.1, -0.05) is 42.5 Å². The van der Waals surface area contributed by atoms with Crippen LogP contribution < -0.4 is 10.6 Å². The van der Waals surface area contributed by atoms with Crippen LogP contribution >= 0.6 is 24.0 Å². The van der Waals surface area contributed by atoms with Crippen LogP contribution in [0.4, 0.5) is 0 Å². The third-order valence-electron chi connectivity index (χ3n) is 5.62. The molecule has 34 heavy (non-hydrogen) atoms. The Bertz CT molecular complexity index is 1030. The van der Waals surface area contributed by atoms with Crippen molar-refractivity contribution in [2.75, 3.05) is 20.1 Å². The van der Waals surface area contributed by atoms with Crippen LogP contribution in [-0.4, -0.2) is 48.2 Å². The monoisotopic (exact) mass is 575 g/mol. The minimum absolute atomic E-state index is 0. The summed E-state index contributed by atoms with van der Waals surface area (Å²) in [6.45, 7) is 8.43. The standard InChI is InChI=1S/C26H33N5O2.HI/c1-19-15-31(16-20(2)33-19)17-22-11-9-21(10-12-22)13-28-26(27-3)29-14-24-18-32-25(30-24)23-7-5-4-6-8-23;/h4-12,18-20H,13-17H2,1-3H3,(H2,27,28,29);1H. The van der Waals surface area contributed by atoms with E-state index in [9.17, 15) is 0 Å². The van der Waals surface area contributed by atoms with Crippen molar-refractivity contribution < 1.29 is 9.15 Å². The highest BCUT2D eigenvalue weighted by Crippen LogP contribution is 2.18. The van der Waals surface area contributed by atoms with Gasteiger partial charge < -0.3 is 19.8 Å². The number of aliphatic imine (C=N–C) groups is 1. The van der Waals surface area contributed by atoms with Gasteiger partial charge >= 0.3 is 0 Å². The molecule has 4 rings (SSSR count). The van der Waals surface area contributed by atoms with Gasteiger partial charge in [0.25, 0.3) is 0 Å². The SMILES string of the molecule is CN=C(NCc1ccc(CN2CC(C)OC(C)C2)cc1)NCc1coc(-c2ccccc2)n1.I. The molecule has 0 aliphatic carbocycles. The lowest BCUT2D eigenvalue weighted by Gasteiger charge is -2.35. The molecule has 0 radical (unpaired) electrons. The molecule has 2 atom stereocenters. The van der Waals surface area contributed by atoms with Crippen molar-refractivity contribution in [3.05, 3.63) is 77.7 Å². The molecule has 182 valence electrons. The summed E-state index contributed by atoms with van der Waals surface area (Å²) in [5.74, 6) is 1.34. The molecule has 1 fully saturated rings. The van der Waals surface area contributed by atoms with Crippen molar-refractivity contribution in [3.63, 3.8) is 0 Å². The third kappa shape index (κ3) is 7.54. The molecule has 8 heteroatoms. The van der Waals surface area contributed by atoms with Crippen molar-refractivity contribution in [2.45, 2.75) is 45.7 Å². The van der Waals surface area contributed by atoms with Crippen LogP contribution in [0.25, 0.3) is 11.5 Å². The highest BCUT2D eigenvalue weighted by atomic mass is 127. The number of nitrogens with one attached hydrogen (secondary N) is 2. The Morgan fingerprint density at radius 1 is 0.971 bits per heavy atom. The van der Waals surface area contributed by atoms with Crippen LogP contribution in [0.1, 0.15) is 30.7 Å². The van der Waals surface area contributed by atoms with Gasteiger partial charge in [-0.25, -0.2) is 4.98 Å². The number of rotatable bonds is 7. The van der Waals surface area contributed by atoms with Gasteiger partial charge in [-0.2, -0.15) is 0 Å². The molecule has 0 saturated carbocycles. The van der Waals surface area contributed by atoms with Crippen LogP contribution in [-0.2, 0) is 24.4 Å². The summed E-state index contributed by atoms with van der Waals surface area (Å²) in [4.78, 5) is 11.3. The zero-order chi connectivity index (χ0) is 23.0. The van der Waals surface area contributed by atoms with Crippen molar-refractivity contribution in [3.8, 4) is 11.5 Å². The molecule has 2 heterocycles. The number of aromatic nitrogens is 1. The van der Waals surface area contributed by atoms with Crippen molar-refractivity contribution in [1.29, 1.82) is 0 Å². The Morgan fingerprint density at radius 3 is 2.29 bits per heavy atom. The van der Waals surface area contributed by atoms with E-state index in [4.69, 9.17) is 9.15 Å². The summed E-state index contributed by atoms with van der Waals surface area (Å²) in [5, 5.41) is 6.65. The molecule has 3 aromatic rings. The van der Waals surface area contributed by atoms with E-state index in [1.807, 2.05) is 30.3 Å². The van der Waals surface area contributed by atoms with Gasteiger partial charge in [0.15, 0.2) is 5.96 Å². The molecule has 7 nitrogen and oxygen atoms in total. The van der Waals surface area contributed by atoms with E-state index in [2.05, 4.69) is 63.6 Å². The van der Waals surface area contributed by atoms with E-state index in [0.29, 0.717) is 31.2 Å². The van der Waals surface area contributed by atoms with E-state index in [1.165, 1.54) is 11.1 Å². The number of morpholine rings is 1. The molecule has 0 bridgehead atoms. The van der Waals surface area contributed by atoms with E-state index in [-0.39, 0.29) is 24.0 Å². The molecule has 1 aliphatic heterocycles. The quantitative estimate of drug-likeness (QED) is 0.247. The van der Waals surface area contributed by atoms with Gasteiger partial charge in [-0.3, -0.25) is 9.89 Å². The number of guanidine groups is 1. The Kier molecular flexibility index (Phi) is 9.91. The van der Waals surface area contributed by atoms with Gasteiger partial charge in [0, 0.05) is 38.8 Å². The summed E-state index contributed by atoms with van der Waals surface area (Å²) in [5.41, 5.74) is 4.32. The first-order valence-electron chi connectivity index (χ1n) is 11.5. The number of benzene rings is 2. The lowest BCUT2D eigenvalue weighted by Crippen LogP contribution is -2.44. The van der Waals surface area contributed by atoms with E-state index in [1.54, 1.807) is 13.3 Å². The fraction of sp³-hybridized carbons (Fsp3) is 0.385. The summed E-state index contributed by atoms with van der Waals surface area (Å²) in [6, 6.07) is 18.6. The van der Waals surface area contributed by atoms with Crippen LogP contribution in [0, 0.1) is 0 Å². The Balaban J connectivity index is 0.00000324. The smallest absolute Gasteiger partial charge is 0.226 e. The fourth-order valence-corrected chi connectivity index (χ4v) is 4.12. The molecular formula is C26H34IN5O2. The summed E-state index contributed by atoms with van der Waals surface area (Å²) in [6.07, 6.45) is 2.26. The van der Waals surface area contributed by atoms with E-state index >= 15 is 0 Å². The lowest BCUT2D eigenvalue weighted by molar-refractivity contribution is -0.0704. The first-order valence-corrected chi connectivity index (χ1v) is 11.5. The molecule has 1 saturated heterocycles.